The molecule has 0 saturated heterocycles. The van der Waals surface area contributed by atoms with Crippen molar-refractivity contribution in [1.82, 2.24) is 9.88 Å². The van der Waals surface area contributed by atoms with Crippen molar-refractivity contribution in [3.05, 3.63) is 17.2 Å². The fourth-order valence-corrected chi connectivity index (χ4v) is 4.95. The van der Waals surface area contributed by atoms with E-state index in [0.29, 0.717) is 22.1 Å². The van der Waals surface area contributed by atoms with Gasteiger partial charge < -0.3 is 10.0 Å². The van der Waals surface area contributed by atoms with Gasteiger partial charge in [-0.3, -0.25) is 5.32 Å². The molecule has 0 aliphatic heterocycles. The summed E-state index contributed by atoms with van der Waals surface area (Å²) in [5.41, 5.74) is 0. The van der Waals surface area contributed by atoms with Gasteiger partial charge in [-0.05, 0) is 50.5 Å². The van der Waals surface area contributed by atoms with Crippen LogP contribution in [0.2, 0.25) is 0 Å². The number of rotatable bonds is 5. The number of carbonyl (C=O) groups is 2. The number of nitrogens with one attached hydrogen (secondary N) is 1. The van der Waals surface area contributed by atoms with Crippen LogP contribution in [-0.4, -0.2) is 39.1 Å². The number of urea groups is 1. The molecule has 0 spiro atoms. The van der Waals surface area contributed by atoms with Gasteiger partial charge in [-0.2, -0.15) is 0 Å². The van der Waals surface area contributed by atoms with Crippen molar-refractivity contribution in [3.63, 3.8) is 0 Å². The number of aromatic nitrogens is 1. The van der Waals surface area contributed by atoms with Gasteiger partial charge in [0.15, 0.2) is 5.13 Å². The number of hydrogen-bond acceptors (Lipinski definition) is 4. The minimum absolute atomic E-state index is 0.0513. The third-order valence-corrected chi connectivity index (χ3v) is 6.59. The minimum atomic E-state index is -0.996. The molecule has 3 rings (SSSR count). The van der Waals surface area contributed by atoms with Crippen LogP contribution in [-0.2, 0) is 4.79 Å². The van der Waals surface area contributed by atoms with Gasteiger partial charge in [-0.1, -0.05) is 37.5 Å². The molecular formula is C20H29N3O3S. The molecule has 1 heterocycles. The fraction of sp³-hybridized carbons (Fsp3) is 0.650. The van der Waals surface area contributed by atoms with E-state index in [9.17, 15) is 9.59 Å². The number of aliphatic carboxylic acids is 1. The zero-order valence-electron chi connectivity index (χ0n) is 15.9. The molecule has 0 bridgehead atoms. The van der Waals surface area contributed by atoms with E-state index < -0.39 is 5.97 Å². The summed E-state index contributed by atoms with van der Waals surface area (Å²) in [5.74, 6) is -0.246. The van der Waals surface area contributed by atoms with Crippen LogP contribution < -0.4 is 5.32 Å². The summed E-state index contributed by atoms with van der Waals surface area (Å²) >= 11 is 1.29. The van der Waals surface area contributed by atoms with Gasteiger partial charge >= 0.3 is 12.0 Å². The number of carboxylic acid groups (broad SMARTS) is 1. The zero-order chi connectivity index (χ0) is 19.2. The molecule has 0 aromatic carbocycles. The van der Waals surface area contributed by atoms with E-state index >= 15 is 0 Å². The molecule has 6 nitrogen and oxygen atoms in total. The van der Waals surface area contributed by atoms with E-state index in [4.69, 9.17) is 5.11 Å². The van der Waals surface area contributed by atoms with Crippen LogP contribution in [0.15, 0.2) is 12.3 Å². The number of amides is 2. The molecule has 2 aliphatic carbocycles. The Morgan fingerprint density at radius 2 is 1.81 bits per heavy atom. The van der Waals surface area contributed by atoms with E-state index in [1.165, 1.54) is 49.5 Å². The Hall–Kier alpha value is -1.89. The van der Waals surface area contributed by atoms with Gasteiger partial charge in [0, 0.05) is 29.2 Å². The number of nitrogens with zero attached hydrogens (tertiary/aromatic N) is 2. The highest BCUT2D eigenvalue weighted by molar-refractivity contribution is 7.16. The quantitative estimate of drug-likeness (QED) is 0.693. The van der Waals surface area contributed by atoms with Gasteiger partial charge in [0.1, 0.15) is 0 Å². The van der Waals surface area contributed by atoms with Crippen LogP contribution in [0, 0.1) is 5.92 Å². The van der Waals surface area contributed by atoms with E-state index in [0.717, 1.165) is 37.7 Å². The Labute approximate surface area is 164 Å². The Kier molecular flexibility index (Phi) is 6.88. The van der Waals surface area contributed by atoms with Crippen LogP contribution in [0.1, 0.15) is 69.6 Å². The molecule has 0 atom stereocenters. The van der Waals surface area contributed by atoms with Gasteiger partial charge in [0.2, 0.25) is 0 Å². The monoisotopic (exact) mass is 391 g/mol. The Morgan fingerprint density at radius 3 is 2.48 bits per heavy atom. The molecule has 2 saturated carbocycles. The lowest BCUT2D eigenvalue weighted by Crippen LogP contribution is -2.51. The van der Waals surface area contributed by atoms with E-state index in [-0.39, 0.29) is 6.03 Å². The molecule has 2 amide bonds. The van der Waals surface area contributed by atoms with Crippen molar-refractivity contribution in [2.24, 2.45) is 5.92 Å². The summed E-state index contributed by atoms with van der Waals surface area (Å²) in [7, 11) is 0. The van der Waals surface area contributed by atoms with Crippen LogP contribution in [0.25, 0.3) is 6.08 Å². The minimum Gasteiger partial charge on any atom is -0.478 e. The van der Waals surface area contributed by atoms with Crippen molar-refractivity contribution < 1.29 is 14.7 Å². The van der Waals surface area contributed by atoms with Gasteiger partial charge in [-0.15, -0.1) is 0 Å². The molecule has 2 aliphatic rings. The molecule has 0 unspecified atom stereocenters. The maximum Gasteiger partial charge on any atom is 0.328 e. The number of thiazole rings is 1. The standard InChI is InChI=1S/C20H29N3O3S/c1-14-7-9-16(10-8-14)23(15-5-3-2-4-6-15)20(26)22-19-21-13-17(27-19)11-12-18(24)25/h11-16H,2-10H2,1H3,(H,24,25)(H,21,22,26)/b12-11+. The van der Waals surface area contributed by atoms with Crippen LogP contribution in [0.5, 0.6) is 0 Å². The Bertz CT molecular complexity index is 674. The molecule has 0 radical (unpaired) electrons. The van der Waals surface area contributed by atoms with Gasteiger partial charge in [0.25, 0.3) is 0 Å². The van der Waals surface area contributed by atoms with Gasteiger partial charge in [0.05, 0.1) is 0 Å². The summed E-state index contributed by atoms with van der Waals surface area (Å²) in [6.07, 6.45) is 14.5. The fourth-order valence-electron chi connectivity index (χ4n) is 4.24. The Balaban J connectivity index is 1.69. The maximum atomic E-state index is 13.1. The number of hydrogen-bond donors (Lipinski definition) is 2. The highest BCUT2D eigenvalue weighted by Crippen LogP contribution is 2.33. The molecular weight excluding hydrogens is 362 g/mol. The largest absolute Gasteiger partial charge is 0.478 e. The third kappa shape index (κ3) is 5.54. The SMILES string of the molecule is CC1CCC(N(C(=O)Nc2ncc(/C=C/C(=O)O)s2)C2CCCCC2)CC1. The van der Waals surface area contributed by atoms with Crippen LogP contribution in [0.4, 0.5) is 9.93 Å². The highest BCUT2D eigenvalue weighted by atomic mass is 32.1. The lowest BCUT2D eigenvalue weighted by atomic mass is 9.84. The molecule has 7 heteroatoms. The van der Waals surface area contributed by atoms with Crippen molar-refractivity contribution in [3.8, 4) is 0 Å². The second-order valence-corrected chi connectivity index (χ2v) is 8.84. The molecule has 148 valence electrons. The first-order valence-corrected chi connectivity index (χ1v) is 10.8. The third-order valence-electron chi connectivity index (χ3n) is 5.71. The first-order valence-electron chi connectivity index (χ1n) is 9.99. The number of carbonyl (C=O) groups excluding carboxylic acids is 1. The lowest BCUT2D eigenvalue weighted by Gasteiger charge is -2.42. The summed E-state index contributed by atoms with van der Waals surface area (Å²) in [6.45, 7) is 2.29. The van der Waals surface area contributed by atoms with E-state index in [1.54, 1.807) is 6.20 Å². The number of carboxylic acids is 1. The molecule has 27 heavy (non-hydrogen) atoms. The number of anilines is 1. The maximum absolute atomic E-state index is 13.1. The predicted octanol–water partition coefficient (Wildman–Crippen LogP) is 4.99. The summed E-state index contributed by atoms with van der Waals surface area (Å²) in [4.78, 5) is 30.8. The average molecular weight is 392 g/mol. The summed E-state index contributed by atoms with van der Waals surface area (Å²) < 4.78 is 0. The van der Waals surface area contributed by atoms with Gasteiger partial charge in [-0.25, -0.2) is 14.6 Å². The topological polar surface area (TPSA) is 82.5 Å². The van der Waals surface area contributed by atoms with Crippen molar-refractivity contribution >= 4 is 34.5 Å². The van der Waals surface area contributed by atoms with Crippen LogP contribution in [0.3, 0.4) is 0 Å². The molecule has 1 aromatic heterocycles. The smallest absolute Gasteiger partial charge is 0.328 e. The Morgan fingerprint density at radius 1 is 1.15 bits per heavy atom. The molecule has 2 fully saturated rings. The highest BCUT2D eigenvalue weighted by Gasteiger charge is 2.33. The average Bonchev–Trinajstić information content (AvgIpc) is 3.10. The normalized spacial score (nSPS) is 24.0. The first-order chi connectivity index (χ1) is 13.0. The molecule has 2 N–H and O–H groups in total. The van der Waals surface area contributed by atoms with Crippen molar-refractivity contribution in [2.75, 3.05) is 5.32 Å². The second-order valence-electron chi connectivity index (χ2n) is 7.78. The summed E-state index contributed by atoms with van der Waals surface area (Å²) in [6, 6.07) is 0.587. The second kappa shape index (κ2) is 9.35. The van der Waals surface area contributed by atoms with Crippen LogP contribution >= 0.6 is 11.3 Å². The van der Waals surface area contributed by atoms with Crippen molar-refractivity contribution in [1.29, 1.82) is 0 Å². The zero-order valence-corrected chi connectivity index (χ0v) is 16.7. The first kappa shape index (κ1) is 19.9. The molecule has 1 aromatic rings. The van der Waals surface area contributed by atoms with E-state index in [1.807, 2.05) is 0 Å². The predicted molar refractivity (Wildman–Crippen MR) is 108 cm³/mol. The summed E-state index contributed by atoms with van der Waals surface area (Å²) in [5, 5.41) is 12.2. The lowest BCUT2D eigenvalue weighted by molar-refractivity contribution is -0.131. The van der Waals surface area contributed by atoms with Crippen molar-refractivity contribution in [2.45, 2.75) is 76.8 Å². The van der Waals surface area contributed by atoms with E-state index in [2.05, 4.69) is 22.1 Å².